The number of halogens is 1. The van der Waals surface area contributed by atoms with E-state index in [1.165, 1.54) is 47.2 Å². The topological polar surface area (TPSA) is 72.2 Å². The Kier molecular flexibility index (Phi) is 4.68. The van der Waals surface area contributed by atoms with Crippen LogP contribution < -0.4 is 5.32 Å². The summed E-state index contributed by atoms with van der Waals surface area (Å²) >= 11 is 3.15. The molecule has 4 aromatic rings. The zero-order chi connectivity index (χ0) is 20.9. The van der Waals surface area contributed by atoms with Crippen molar-refractivity contribution in [3.63, 3.8) is 0 Å². The number of aromatic nitrogens is 4. The third kappa shape index (κ3) is 3.49. The van der Waals surface area contributed by atoms with Gasteiger partial charge in [-0.25, -0.2) is 9.37 Å². The summed E-state index contributed by atoms with van der Waals surface area (Å²) in [5.74, 6) is 1.03. The molecule has 0 saturated heterocycles. The van der Waals surface area contributed by atoms with Crippen LogP contribution in [0, 0.1) is 5.82 Å². The van der Waals surface area contributed by atoms with Gasteiger partial charge in [0, 0.05) is 16.5 Å². The fourth-order valence-corrected chi connectivity index (χ4v) is 6.26. The van der Waals surface area contributed by atoms with Gasteiger partial charge in [-0.05, 0) is 62.3 Å². The van der Waals surface area contributed by atoms with Crippen LogP contribution in [-0.2, 0) is 17.6 Å². The van der Waals surface area contributed by atoms with Crippen LogP contribution in [0.1, 0.15) is 47.9 Å². The molecule has 0 radical (unpaired) electrons. The average Bonchev–Trinajstić information content (AvgIpc) is 3.41. The van der Waals surface area contributed by atoms with Gasteiger partial charge < -0.3 is 5.32 Å². The van der Waals surface area contributed by atoms with Crippen molar-refractivity contribution in [1.29, 1.82) is 0 Å². The maximum atomic E-state index is 13.4. The summed E-state index contributed by atoms with van der Waals surface area (Å²) in [6, 6.07) is 5.90. The molecule has 0 aliphatic heterocycles. The van der Waals surface area contributed by atoms with Gasteiger partial charge in [0.25, 0.3) is 0 Å². The number of hydrogen-bond donors (Lipinski definition) is 1. The minimum Gasteiger partial charge on any atom is -0.325 e. The van der Waals surface area contributed by atoms with E-state index in [0.717, 1.165) is 47.4 Å². The second kappa shape index (κ2) is 7.56. The average molecular weight is 454 g/mol. The SMILES string of the molecule is O=C(CSc1nnc2c3c4c(sc3nc(C3CC3)n12)CCCC4)Nc1cccc(F)c1. The summed E-state index contributed by atoms with van der Waals surface area (Å²) in [6.07, 6.45) is 6.88. The molecule has 2 aliphatic carbocycles. The highest BCUT2D eigenvalue weighted by atomic mass is 32.2. The van der Waals surface area contributed by atoms with Crippen molar-refractivity contribution in [3.8, 4) is 0 Å². The van der Waals surface area contributed by atoms with Gasteiger partial charge in [0.2, 0.25) is 5.91 Å². The van der Waals surface area contributed by atoms with E-state index in [4.69, 9.17) is 4.98 Å². The fourth-order valence-electron chi connectivity index (χ4n) is 4.26. The van der Waals surface area contributed by atoms with Gasteiger partial charge in [-0.3, -0.25) is 9.20 Å². The minimum absolute atomic E-state index is 0.168. The first-order valence-corrected chi connectivity index (χ1v) is 12.3. The fraction of sp³-hybridized carbons (Fsp3) is 0.364. The van der Waals surface area contributed by atoms with Crippen molar-refractivity contribution in [2.75, 3.05) is 11.1 Å². The Labute approximate surface area is 186 Å². The molecule has 158 valence electrons. The van der Waals surface area contributed by atoms with Crippen LogP contribution in [0.5, 0.6) is 0 Å². The second-order valence-corrected chi connectivity index (χ2v) is 10.2. The number of nitrogens with one attached hydrogen (secondary N) is 1. The molecule has 1 N–H and O–H groups in total. The Hall–Kier alpha value is -2.52. The maximum absolute atomic E-state index is 13.4. The van der Waals surface area contributed by atoms with Gasteiger partial charge in [-0.1, -0.05) is 17.8 Å². The molecule has 1 amide bonds. The number of anilines is 1. The number of thioether (sulfide) groups is 1. The minimum atomic E-state index is -0.378. The molecular weight excluding hydrogens is 433 g/mol. The number of amides is 1. The summed E-state index contributed by atoms with van der Waals surface area (Å²) in [7, 11) is 0. The molecule has 1 aromatic carbocycles. The van der Waals surface area contributed by atoms with Gasteiger partial charge in [0.1, 0.15) is 16.5 Å². The van der Waals surface area contributed by atoms with E-state index in [1.807, 2.05) is 11.3 Å². The van der Waals surface area contributed by atoms with Crippen LogP contribution in [0.4, 0.5) is 10.1 Å². The van der Waals surface area contributed by atoms with Crippen molar-refractivity contribution in [1.82, 2.24) is 19.6 Å². The van der Waals surface area contributed by atoms with Crippen molar-refractivity contribution in [2.45, 2.75) is 49.6 Å². The predicted octanol–water partition coefficient (Wildman–Crippen LogP) is 4.97. The second-order valence-electron chi connectivity index (χ2n) is 8.12. The van der Waals surface area contributed by atoms with Gasteiger partial charge in [0.15, 0.2) is 10.8 Å². The summed E-state index contributed by atoms with van der Waals surface area (Å²) in [4.78, 5) is 20.0. The molecule has 0 unspecified atom stereocenters. The van der Waals surface area contributed by atoms with Gasteiger partial charge in [-0.2, -0.15) is 0 Å². The van der Waals surface area contributed by atoms with Crippen LogP contribution in [0.3, 0.4) is 0 Å². The molecule has 3 aromatic heterocycles. The molecule has 9 heteroatoms. The number of hydrogen-bond acceptors (Lipinski definition) is 6. The molecule has 1 fully saturated rings. The first-order chi connectivity index (χ1) is 15.2. The van der Waals surface area contributed by atoms with E-state index in [0.29, 0.717) is 16.8 Å². The first-order valence-electron chi connectivity index (χ1n) is 10.5. The lowest BCUT2D eigenvalue weighted by atomic mass is 9.97. The van der Waals surface area contributed by atoms with E-state index >= 15 is 0 Å². The van der Waals surface area contributed by atoms with E-state index in [2.05, 4.69) is 19.9 Å². The number of aryl methyl sites for hydroxylation is 2. The molecule has 0 spiro atoms. The van der Waals surface area contributed by atoms with E-state index < -0.39 is 0 Å². The zero-order valence-corrected chi connectivity index (χ0v) is 18.4. The van der Waals surface area contributed by atoms with Crippen molar-refractivity contribution in [3.05, 3.63) is 46.3 Å². The molecule has 1 saturated carbocycles. The van der Waals surface area contributed by atoms with Gasteiger partial charge in [-0.15, -0.1) is 21.5 Å². The largest absolute Gasteiger partial charge is 0.325 e. The van der Waals surface area contributed by atoms with Crippen molar-refractivity contribution >= 4 is 50.6 Å². The first kappa shape index (κ1) is 19.2. The third-order valence-corrected chi connectivity index (χ3v) is 7.95. The van der Waals surface area contributed by atoms with Gasteiger partial charge in [0.05, 0.1) is 11.1 Å². The van der Waals surface area contributed by atoms with Crippen LogP contribution >= 0.6 is 23.1 Å². The Bertz CT molecular complexity index is 1330. The normalized spacial score (nSPS) is 16.0. The van der Waals surface area contributed by atoms with Crippen LogP contribution in [0.25, 0.3) is 15.9 Å². The zero-order valence-electron chi connectivity index (χ0n) is 16.7. The summed E-state index contributed by atoms with van der Waals surface area (Å²) < 4.78 is 15.4. The van der Waals surface area contributed by atoms with Crippen LogP contribution in [0.2, 0.25) is 0 Å². The highest BCUT2D eigenvalue weighted by Gasteiger charge is 2.32. The predicted molar refractivity (Wildman–Crippen MR) is 121 cm³/mol. The van der Waals surface area contributed by atoms with E-state index in [-0.39, 0.29) is 17.5 Å². The molecule has 6 rings (SSSR count). The Morgan fingerprint density at radius 1 is 1.26 bits per heavy atom. The molecule has 0 atom stereocenters. The molecule has 2 aliphatic rings. The number of nitrogens with zero attached hydrogens (tertiary/aromatic N) is 4. The summed E-state index contributed by atoms with van der Waals surface area (Å²) in [5, 5.41) is 13.6. The maximum Gasteiger partial charge on any atom is 0.234 e. The highest BCUT2D eigenvalue weighted by Crippen LogP contribution is 2.44. The molecule has 6 nitrogen and oxygen atoms in total. The van der Waals surface area contributed by atoms with Gasteiger partial charge >= 0.3 is 0 Å². The number of carbonyl (C=O) groups excluding carboxylic acids is 1. The number of benzene rings is 1. The van der Waals surface area contributed by atoms with Crippen molar-refractivity contribution < 1.29 is 9.18 Å². The quantitative estimate of drug-likeness (QED) is 0.432. The van der Waals surface area contributed by atoms with Crippen LogP contribution in [-0.4, -0.2) is 31.2 Å². The smallest absolute Gasteiger partial charge is 0.234 e. The molecular formula is C22H20FN5OS2. The number of rotatable bonds is 5. The lowest BCUT2D eigenvalue weighted by Crippen LogP contribution is -2.14. The number of fused-ring (bicyclic) bond motifs is 5. The summed E-state index contributed by atoms with van der Waals surface area (Å²) in [5.41, 5.74) is 2.71. The van der Waals surface area contributed by atoms with E-state index in [9.17, 15) is 9.18 Å². The third-order valence-electron chi connectivity index (χ3n) is 5.84. The number of thiophene rings is 1. The summed E-state index contributed by atoms with van der Waals surface area (Å²) in [6.45, 7) is 0. The lowest BCUT2D eigenvalue weighted by molar-refractivity contribution is -0.113. The lowest BCUT2D eigenvalue weighted by Gasteiger charge is -2.11. The molecule has 31 heavy (non-hydrogen) atoms. The van der Waals surface area contributed by atoms with Crippen LogP contribution in [0.15, 0.2) is 29.4 Å². The molecule has 0 bridgehead atoms. The van der Waals surface area contributed by atoms with E-state index in [1.54, 1.807) is 12.1 Å². The number of carbonyl (C=O) groups is 1. The highest BCUT2D eigenvalue weighted by molar-refractivity contribution is 7.99. The Balaban J connectivity index is 1.34. The molecule has 3 heterocycles. The Morgan fingerprint density at radius 2 is 2.13 bits per heavy atom. The Morgan fingerprint density at radius 3 is 2.97 bits per heavy atom. The monoisotopic (exact) mass is 453 g/mol. The standard InChI is InChI=1S/C22H20FN5OS2/c23-13-4-3-5-14(10-13)24-17(29)11-30-22-27-26-20-18-15-6-1-2-7-16(15)31-21(18)25-19(28(20)22)12-8-9-12/h3-5,10,12H,1-2,6-9,11H2,(H,24,29). The van der Waals surface area contributed by atoms with Crippen molar-refractivity contribution in [2.24, 2.45) is 0 Å².